The van der Waals surface area contributed by atoms with Crippen molar-refractivity contribution in [3.63, 3.8) is 0 Å². The molecule has 21 heavy (non-hydrogen) atoms. The average Bonchev–Trinajstić information content (AvgIpc) is 2.81. The Bertz CT molecular complexity index is 637. The molecule has 0 aliphatic rings. The van der Waals surface area contributed by atoms with Gasteiger partial charge in [-0.05, 0) is 19.1 Å². The molecule has 0 aliphatic heterocycles. The average molecular weight is 326 g/mol. The van der Waals surface area contributed by atoms with E-state index in [0.717, 1.165) is 5.56 Å². The van der Waals surface area contributed by atoms with Gasteiger partial charge in [-0.25, -0.2) is 4.98 Å². The third-order valence-electron chi connectivity index (χ3n) is 2.85. The molecule has 1 aromatic carbocycles. The van der Waals surface area contributed by atoms with Crippen LogP contribution in [0, 0.1) is 0 Å². The van der Waals surface area contributed by atoms with E-state index in [0.29, 0.717) is 26.9 Å². The number of rotatable bonds is 5. The highest BCUT2D eigenvalue weighted by atomic mass is 35.5. The Morgan fingerprint density at radius 3 is 2.43 bits per heavy atom. The number of thioether (sulfide) groups is 1. The molecule has 0 aliphatic carbocycles. The van der Waals surface area contributed by atoms with Gasteiger partial charge in [-0.2, -0.15) is 0 Å². The van der Waals surface area contributed by atoms with Crippen LogP contribution < -0.4 is 0 Å². The number of carboxylic acid groups (broad SMARTS) is 1. The maximum absolute atomic E-state index is 11.3. The monoisotopic (exact) mass is 325 g/mol. The van der Waals surface area contributed by atoms with E-state index < -0.39 is 11.9 Å². The van der Waals surface area contributed by atoms with Crippen molar-refractivity contribution in [2.24, 2.45) is 0 Å². The van der Waals surface area contributed by atoms with E-state index in [1.54, 1.807) is 19.1 Å². The van der Waals surface area contributed by atoms with Crippen molar-refractivity contribution >= 4 is 29.3 Å². The van der Waals surface area contributed by atoms with Crippen molar-refractivity contribution < 1.29 is 14.3 Å². The molecule has 1 N–H and O–H groups in total. The van der Waals surface area contributed by atoms with Crippen LogP contribution in [0.25, 0.3) is 11.3 Å². The quantitative estimate of drug-likeness (QED) is 0.808. The Morgan fingerprint density at radius 2 is 1.90 bits per heavy atom. The first kappa shape index (κ1) is 15.9. The first-order chi connectivity index (χ1) is 9.88. The highest BCUT2D eigenvalue weighted by molar-refractivity contribution is 7.99. The molecule has 1 unspecified atom stereocenters. The van der Waals surface area contributed by atoms with Gasteiger partial charge in [0.25, 0.3) is 5.22 Å². The van der Waals surface area contributed by atoms with Crippen LogP contribution in [0.3, 0.4) is 0 Å². The van der Waals surface area contributed by atoms with Crippen molar-refractivity contribution in [2.75, 3.05) is 0 Å². The number of benzene rings is 1. The van der Waals surface area contributed by atoms with Crippen LogP contribution in [0.2, 0.25) is 5.02 Å². The zero-order valence-electron chi connectivity index (χ0n) is 12.0. The second kappa shape index (κ2) is 6.54. The maximum Gasteiger partial charge on any atom is 0.314 e. The number of carbonyl (C=O) groups is 1. The molecule has 2 aromatic rings. The van der Waals surface area contributed by atoms with Crippen molar-refractivity contribution in [1.29, 1.82) is 0 Å². The topological polar surface area (TPSA) is 63.3 Å². The number of aromatic nitrogens is 1. The molecule has 4 nitrogen and oxygen atoms in total. The van der Waals surface area contributed by atoms with Crippen LogP contribution in [-0.2, 0) is 4.79 Å². The Morgan fingerprint density at radius 1 is 1.29 bits per heavy atom. The summed E-state index contributed by atoms with van der Waals surface area (Å²) in [5.41, 5.74) is 1.35. The number of carboxylic acids is 1. The van der Waals surface area contributed by atoms with Gasteiger partial charge in [-0.3, -0.25) is 4.79 Å². The van der Waals surface area contributed by atoms with Crippen molar-refractivity contribution in [1.82, 2.24) is 4.98 Å². The van der Waals surface area contributed by atoms with Gasteiger partial charge >= 0.3 is 5.97 Å². The largest absolute Gasteiger partial charge is 0.481 e. The summed E-state index contributed by atoms with van der Waals surface area (Å²) in [5, 5.41) is 10.6. The SMILES string of the molecule is CC(C)Sc1nc(-c2ccc(Cl)cc2)c(C(C)C(=O)O)o1. The smallest absolute Gasteiger partial charge is 0.314 e. The van der Waals surface area contributed by atoms with E-state index in [4.69, 9.17) is 16.0 Å². The fourth-order valence-electron chi connectivity index (χ4n) is 1.78. The molecule has 112 valence electrons. The normalized spacial score (nSPS) is 12.6. The standard InChI is InChI=1S/C15H16ClNO3S/c1-8(2)21-15-17-12(10-4-6-11(16)7-5-10)13(20-15)9(3)14(18)19/h4-9H,1-3H3,(H,18,19). The summed E-state index contributed by atoms with van der Waals surface area (Å²) in [5.74, 6) is -1.33. The molecule has 0 amide bonds. The van der Waals surface area contributed by atoms with Crippen LogP contribution in [0.1, 0.15) is 32.4 Å². The third-order valence-corrected chi connectivity index (χ3v) is 3.95. The predicted octanol–water partition coefficient (Wildman–Crippen LogP) is 4.68. The van der Waals surface area contributed by atoms with Gasteiger partial charge < -0.3 is 9.52 Å². The summed E-state index contributed by atoms with van der Waals surface area (Å²) in [6.07, 6.45) is 0. The van der Waals surface area contributed by atoms with Crippen molar-refractivity contribution in [3.8, 4) is 11.3 Å². The summed E-state index contributed by atoms with van der Waals surface area (Å²) >= 11 is 7.35. The fraction of sp³-hybridized carbons (Fsp3) is 0.333. The van der Waals surface area contributed by atoms with Crippen LogP contribution in [0.4, 0.5) is 0 Å². The van der Waals surface area contributed by atoms with Gasteiger partial charge in [-0.15, -0.1) is 0 Å². The second-order valence-electron chi connectivity index (χ2n) is 4.93. The zero-order valence-corrected chi connectivity index (χ0v) is 13.5. The summed E-state index contributed by atoms with van der Waals surface area (Å²) < 4.78 is 5.67. The first-order valence-corrected chi connectivity index (χ1v) is 7.80. The predicted molar refractivity (Wildman–Crippen MR) is 84.0 cm³/mol. The summed E-state index contributed by atoms with van der Waals surface area (Å²) in [7, 11) is 0. The number of hydrogen-bond acceptors (Lipinski definition) is 4. The van der Waals surface area contributed by atoms with Crippen molar-refractivity contribution in [3.05, 3.63) is 35.0 Å². The van der Waals surface area contributed by atoms with E-state index in [1.807, 2.05) is 26.0 Å². The lowest BCUT2D eigenvalue weighted by Gasteiger charge is -2.05. The van der Waals surface area contributed by atoms with Gasteiger partial charge in [-0.1, -0.05) is 49.3 Å². The summed E-state index contributed by atoms with van der Waals surface area (Å²) in [4.78, 5) is 15.7. The maximum atomic E-state index is 11.3. The molecular formula is C15H16ClNO3S. The molecule has 1 heterocycles. The van der Waals surface area contributed by atoms with Gasteiger partial charge in [0.05, 0.1) is 0 Å². The molecule has 2 rings (SSSR count). The summed E-state index contributed by atoms with van der Waals surface area (Å²) in [6.45, 7) is 5.64. The Balaban J connectivity index is 2.48. The van der Waals surface area contributed by atoms with Gasteiger partial charge in [0.15, 0.2) is 0 Å². The van der Waals surface area contributed by atoms with Crippen LogP contribution >= 0.6 is 23.4 Å². The van der Waals surface area contributed by atoms with Gasteiger partial charge in [0.1, 0.15) is 17.4 Å². The molecule has 0 bridgehead atoms. The molecule has 6 heteroatoms. The molecule has 0 saturated heterocycles. The summed E-state index contributed by atoms with van der Waals surface area (Å²) in [6, 6.07) is 7.11. The minimum atomic E-state index is -0.942. The van der Waals surface area contributed by atoms with Crippen LogP contribution in [-0.4, -0.2) is 21.3 Å². The zero-order chi connectivity index (χ0) is 15.6. The van der Waals surface area contributed by atoms with E-state index >= 15 is 0 Å². The molecule has 0 fully saturated rings. The number of halogens is 1. The van der Waals surface area contributed by atoms with E-state index in [1.165, 1.54) is 11.8 Å². The van der Waals surface area contributed by atoms with Crippen molar-refractivity contribution in [2.45, 2.75) is 37.2 Å². The molecule has 0 spiro atoms. The van der Waals surface area contributed by atoms with E-state index in [2.05, 4.69) is 4.98 Å². The number of nitrogens with zero attached hydrogens (tertiary/aromatic N) is 1. The first-order valence-electron chi connectivity index (χ1n) is 6.54. The van der Waals surface area contributed by atoms with E-state index in [9.17, 15) is 9.90 Å². The fourth-order valence-corrected chi connectivity index (χ4v) is 2.59. The number of hydrogen-bond donors (Lipinski definition) is 1. The van der Waals surface area contributed by atoms with Gasteiger partial charge in [0, 0.05) is 15.8 Å². The minimum Gasteiger partial charge on any atom is -0.481 e. The molecule has 0 saturated carbocycles. The lowest BCUT2D eigenvalue weighted by atomic mass is 10.0. The Hall–Kier alpha value is -1.46. The second-order valence-corrected chi connectivity index (χ2v) is 6.89. The highest BCUT2D eigenvalue weighted by Crippen LogP contribution is 2.34. The molecule has 1 atom stereocenters. The van der Waals surface area contributed by atoms with Crippen LogP contribution in [0.5, 0.6) is 0 Å². The minimum absolute atomic E-state index is 0.301. The highest BCUT2D eigenvalue weighted by Gasteiger charge is 2.25. The van der Waals surface area contributed by atoms with Gasteiger partial charge in [0.2, 0.25) is 0 Å². The molecule has 1 aromatic heterocycles. The molecule has 0 radical (unpaired) electrons. The Labute approximate surface area is 132 Å². The van der Waals surface area contributed by atoms with Crippen LogP contribution in [0.15, 0.2) is 33.9 Å². The lowest BCUT2D eigenvalue weighted by Crippen LogP contribution is -2.07. The lowest BCUT2D eigenvalue weighted by molar-refractivity contribution is -0.138. The number of oxazole rings is 1. The Kier molecular flexibility index (Phi) is 4.96. The van der Waals surface area contributed by atoms with E-state index in [-0.39, 0.29) is 0 Å². The number of aliphatic carboxylic acids is 1. The molecular weight excluding hydrogens is 310 g/mol. The third kappa shape index (κ3) is 3.80.